The predicted molar refractivity (Wildman–Crippen MR) is 92.4 cm³/mol. The number of rotatable bonds is 11. The van der Waals surface area contributed by atoms with Gasteiger partial charge >= 0.3 is 0 Å². The fourth-order valence-electron chi connectivity index (χ4n) is 1.11. The van der Waals surface area contributed by atoms with Crippen molar-refractivity contribution in [1.29, 1.82) is 0 Å². The van der Waals surface area contributed by atoms with E-state index in [0.29, 0.717) is 0 Å². The van der Waals surface area contributed by atoms with Crippen LogP contribution in [0.25, 0.3) is 0 Å². The Kier molecular flexibility index (Phi) is 31.0. The predicted octanol–water partition coefficient (Wildman–Crippen LogP) is 2.83. The first-order chi connectivity index (χ1) is 6.91. The highest BCUT2D eigenvalue weighted by atomic mass is 79.9. The van der Waals surface area contributed by atoms with Gasteiger partial charge in [0, 0.05) is 13.1 Å². The van der Waals surface area contributed by atoms with Crippen LogP contribution in [0.15, 0.2) is 0 Å². The molecular formula is C10H26Br2N2S2. The third kappa shape index (κ3) is 20.9. The lowest BCUT2D eigenvalue weighted by Gasteiger charge is -2.05. The maximum absolute atomic E-state index is 3.43. The first-order valence-electron chi connectivity index (χ1n) is 5.31. The minimum Gasteiger partial charge on any atom is -0.315 e. The summed E-state index contributed by atoms with van der Waals surface area (Å²) >= 11 is 3.84. The maximum Gasteiger partial charge on any atom is 0.00767 e. The molecule has 16 heavy (non-hydrogen) atoms. The molecule has 0 amide bonds. The van der Waals surface area contributed by atoms with Gasteiger partial charge in [-0.15, -0.1) is 34.0 Å². The number of hydrogen-bond donors (Lipinski definition) is 2. The third-order valence-electron chi connectivity index (χ3n) is 1.88. The average molecular weight is 398 g/mol. The normalized spacial score (nSPS) is 9.38. The number of nitrogens with one attached hydrogen (secondary N) is 2. The zero-order valence-electron chi connectivity index (χ0n) is 10.3. The van der Waals surface area contributed by atoms with E-state index < -0.39 is 0 Å². The van der Waals surface area contributed by atoms with E-state index in [4.69, 9.17) is 0 Å². The highest BCUT2D eigenvalue weighted by Crippen LogP contribution is 1.93. The van der Waals surface area contributed by atoms with Gasteiger partial charge in [0.25, 0.3) is 0 Å². The van der Waals surface area contributed by atoms with Crippen LogP contribution in [0.4, 0.5) is 0 Å². The molecule has 0 aliphatic rings. The van der Waals surface area contributed by atoms with Crippen LogP contribution >= 0.6 is 57.5 Å². The van der Waals surface area contributed by atoms with Crippen molar-refractivity contribution >= 4 is 57.5 Å². The van der Waals surface area contributed by atoms with E-state index in [9.17, 15) is 0 Å². The fourth-order valence-corrected chi connectivity index (χ4v) is 1.98. The molecule has 0 aliphatic heterocycles. The van der Waals surface area contributed by atoms with Crippen molar-refractivity contribution in [2.45, 2.75) is 12.8 Å². The van der Waals surface area contributed by atoms with Crippen LogP contribution in [0.1, 0.15) is 12.8 Å². The van der Waals surface area contributed by atoms with Crippen LogP contribution in [0, 0.1) is 0 Å². The molecule has 0 saturated carbocycles. The van der Waals surface area contributed by atoms with Gasteiger partial charge in [0.05, 0.1) is 0 Å². The summed E-state index contributed by atoms with van der Waals surface area (Å²) in [5, 5.41) is 6.86. The summed E-state index contributed by atoms with van der Waals surface area (Å²) < 4.78 is 0. The first-order valence-corrected chi connectivity index (χ1v) is 8.10. The molecule has 0 heterocycles. The van der Waals surface area contributed by atoms with E-state index in [1.807, 2.05) is 23.5 Å². The smallest absolute Gasteiger partial charge is 0.00767 e. The molecule has 0 aliphatic carbocycles. The van der Waals surface area contributed by atoms with Gasteiger partial charge in [-0.05, 0) is 49.9 Å². The quantitative estimate of drug-likeness (QED) is 0.523. The highest BCUT2D eigenvalue weighted by Gasteiger charge is 1.89. The maximum atomic E-state index is 3.43. The molecule has 0 aromatic carbocycles. The molecule has 0 unspecified atom stereocenters. The van der Waals surface area contributed by atoms with Crippen LogP contribution in [0.3, 0.4) is 0 Å². The molecule has 2 nitrogen and oxygen atoms in total. The third-order valence-corrected chi connectivity index (χ3v) is 3.28. The van der Waals surface area contributed by atoms with E-state index in [-0.39, 0.29) is 34.0 Å². The minimum absolute atomic E-state index is 0. The molecule has 0 fully saturated rings. The zero-order chi connectivity index (χ0) is 10.5. The van der Waals surface area contributed by atoms with Gasteiger partial charge < -0.3 is 10.6 Å². The van der Waals surface area contributed by atoms with Gasteiger partial charge in [0.15, 0.2) is 0 Å². The molecule has 0 aromatic heterocycles. The van der Waals surface area contributed by atoms with Crippen molar-refractivity contribution in [1.82, 2.24) is 10.6 Å². The number of hydrogen-bond acceptors (Lipinski definition) is 4. The molecule has 0 bridgehead atoms. The van der Waals surface area contributed by atoms with Crippen LogP contribution in [-0.4, -0.2) is 50.2 Å². The Hall–Kier alpha value is 1.58. The molecule has 6 heteroatoms. The summed E-state index contributed by atoms with van der Waals surface area (Å²) in [6, 6.07) is 0. The van der Waals surface area contributed by atoms with Gasteiger partial charge in [0.1, 0.15) is 0 Å². The van der Waals surface area contributed by atoms with Crippen molar-refractivity contribution in [2.75, 3.05) is 50.2 Å². The van der Waals surface area contributed by atoms with Crippen LogP contribution in [0.5, 0.6) is 0 Å². The summed E-state index contributed by atoms with van der Waals surface area (Å²) in [6.45, 7) is 4.53. The topological polar surface area (TPSA) is 24.1 Å². The van der Waals surface area contributed by atoms with Crippen LogP contribution < -0.4 is 10.6 Å². The van der Waals surface area contributed by atoms with E-state index in [1.165, 1.54) is 24.3 Å². The van der Waals surface area contributed by atoms with Crippen LogP contribution in [-0.2, 0) is 0 Å². The van der Waals surface area contributed by atoms with Crippen molar-refractivity contribution in [3.8, 4) is 0 Å². The minimum atomic E-state index is 0. The summed E-state index contributed by atoms with van der Waals surface area (Å²) in [4.78, 5) is 0. The number of thioether (sulfide) groups is 2. The van der Waals surface area contributed by atoms with E-state index in [2.05, 4.69) is 23.1 Å². The Labute approximate surface area is 130 Å². The largest absolute Gasteiger partial charge is 0.315 e. The fraction of sp³-hybridized carbons (Fsp3) is 1.00. The second-order valence-corrected chi connectivity index (χ2v) is 5.16. The monoisotopic (exact) mass is 396 g/mol. The molecular weight excluding hydrogens is 372 g/mol. The Morgan fingerprint density at radius 3 is 1.38 bits per heavy atom. The average Bonchev–Trinajstić information content (AvgIpc) is 2.21. The molecule has 0 radical (unpaired) electrons. The van der Waals surface area contributed by atoms with Gasteiger partial charge in [-0.3, -0.25) is 0 Å². The van der Waals surface area contributed by atoms with Crippen molar-refractivity contribution < 1.29 is 0 Å². The van der Waals surface area contributed by atoms with E-state index >= 15 is 0 Å². The summed E-state index contributed by atoms with van der Waals surface area (Å²) in [7, 11) is 0. The Morgan fingerprint density at radius 1 is 0.688 bits per heavy atom. The molecule has 2 N–H and O–H groups in total. The van der Waals surface area contributed by atoms with Crippen molar-refractivity contribution in [3.05, 3.63) is 0 Å². The Balaban J connectivity index is -0.000000845. The lowest BCUT2D eigenvalue weighted by molar-refractivity contribution is 0.605. The number of halogens is 2. The van der Waals surface area contributed by atoms with Gasteiger partial charge in [-0.2, -0.15) is 23.5 Å². The summed E-state index contributed by atoms with van der Waals surface area (Å²) in [5.41, 5.74) is 0. The van der Waals surface area contributed by atoms with Gasteiger partial charge in [-0.1, -0.05) is 0 Å². The molecule has 0 rings (SSSR count). The molecule has 0 aromatic rings. The van der Waals surface area contributed by atoms with Gasteiger partial charge in [0.2, 0.25) is 0 Å². The van der Waals surface area contributed by atoms with Gasteiger partial charge in [-0.25, -0.2) is 0 Å². The first kappa shape index (κ1) is 22.7. The molecule has 0 saturated heterocycles. The van der Waals surface area contributed by atoms with Crippen LogP contribution in [0.2, 0.25) is 0 Å². The zero-order valence-corrected chi connectivity index (χ0v) is 15.3. The second-order valence-electron chi connectivity index (χ2n) is 3.19. The molecule has 0 atom stereocenters. The Bertz CT molecular complexity index is 98.8. The van der Waals surface area contributed by atoms with E-state index in [0.717, 1.165) is 26.2 Å². The molecule has 102 valence electrons. The second kappa shape index (κ2) is 21.8. The summed E-state index contributed by atoms with van der Waals surface area (Å²) in [5.74, 6) is 2.54. The lowest BCUT2D eigenvalue weighted by Crippen LogP contribution is -2.28. The van der Waals surface area contributed by atoms with E-state index in [1.54, 1.807) is 0 Å². The van der Waals surface area contributed by atoms with Crippen molar-refractivity contribution in [3.63, 3.8) is 0 Å². The lowest BCUT2D eigenvalue weighted by atomic mass is 10.4. The summed E-state index contributed by atoms with van der Waals surface area (Å²) in [6.07, 6.45) is 6.89. The highest BCUT2D eigenvalue weighted by molar-refractivity contribution is 8.93. The molecule has 0 spiro atoms. The standard InChI is InChI=1S/C10H24N2S2.2BrH/c1-13-9-3-5-11-7-8-12-6-4-10-14-2;;/h11-12H,3-10H2,1-2H3;2*1H. The van der Waals surface area contributed by atoms with Crippen molar-refractivity contribution in [2.24, 2.45) is 0 Å². The SMILES string of the molecule is Br.Br.CSCCCNCCNCCCSC. The Morgan fingerprint density at radius 2 is 1.06 bits per heavy atom.